The van der Waals surface area contributed by atoms with Gasteiger partial charge in [0.1, 0.15) is 5.69 Å². The van der Waals surface area contributed by atoms with Crippen LogP contribution in [-0.4, -0.2) is 39.8 Å². The van der Waals surface area contributed by atoms with Crippen LogP contribution in [0.25, 0.3) is 0 Å². The van der Waals surface area contributed by atoms with Crippen LogP contribution >= 0.6 is 22.9 Å². The van der Waals surface area contributed by atoms with Gasteiger partial charge in [0.05, 0.1) is 18.2 Å². The third-order valence-corrected chi connectivity index (χ3v) is 6.41. The van der Waals surface area contributed by atoms with Crippen LogP contribution in [0.1, 0.15) is 34.6 Å². The zero-order valence-electron chi connectivity index (χ0n) is 17.7. The van der Waals surface area contributed by atoms with E-state index in [0.717, 1.165) is 29.8 Å². The Labute approximate surface area is 195 Å². The van der Waals surface area contributed by atoms with E-state index in [1.165, 1.54) is 11.3 Å². The summed E-state index contributed by atoms with van der Waals surface area (Å²) in [5, 5.41) is 9.17. The highest BCUT2D eigenvalue weighted by Crippen LogP contribution is 2.27. The van der Waals surface area contributed by atoms with E-state index in [-0.39, 0.29) is 17.7 Å². The number of carbonyl (C=O) groups excluding carboxylic acids is 2. The number of likely N-dealkylation sites (tertiary alicyclic amines) is 1. The van der Waals surface area contributed by atoms with E-state index in [2.05, 4.69) is 20.6 Å². The molecule has 9 heteroatoms. The van der Waals surface area contributed by atoms with Crippen molar-refractivity contribution < 1.29 is 9.59 Å². The molecule has 3 heterocycles. The van der Waals surface area contributed by atoms with Gasteiger partial charge in [-0.1, -0.05) is 23.7 Å². The van der Waals surface area contributed by atoms with Crippen molar-refractivity contribution in [2.45, 2.75) is 26.3 Å². The number of aryl methyl sites for hydroxylation is 1. The van der Waals surface area contributed by atoms with Gasteiger partial charge in [-0.15, -0.1) is 11.3 Å². The Morgan fingerprint density at radius 2 is 2.16 bits per heavy atom. The Balaban J connectivity index is 1.36. The summed E-state index contributed by atoms with van der Waals surface area (Å²) in [6.07, 6.45) is 3.24. The second-order valence-corrected chi connectivity index (χ2v) is 9.05. The van der Waals surface area contributed by atoms with Gasteiger partial charge in [-0.3, -0.25) is 14.6 Å². The van der Waals surface area contributed by atoms with Gasteiger partial charge in [-0.2, -0.15) is 0 Å². The molecule has 2 amide bonds. The number of carbonyl (C=O) groups is 2. The first-order chi connectivity index (χ1) is 15.5. The maximum absolute atomic E-state index is 13.0. The molecule has 0 radical (unpaired) electrons. The molecule has 0 saturated carbocycles. The summed E-state index contributed by atoms with van der Waals surface area (Å²) < 4.78 is 0. The number of nitrogens with one attached hydrogen (secondary N) is 2. The number of pyridine rings is 1. The third-order valence-electron chi connectivity index (χ3n) is 5.41. The first-order valence-corrected chi connectivity index (χ1v) is 11.7. The summed E-state index contributed by atoms with van der Waals surface area (Å²) >= 11 is 7.45. The van der Waals surface area contributed by atoms with E-state index in [9.17, 15) is 9.59 Å². The predicted molar refractivity (Wildman–Crippen MR) is 126 cm³/mol. The first kappa shape index (κ1) is 22.2. The van der Waals surface area contributed by atoms with Crippen LogP contribution in [0, 0.1) is 12.8 Å². The maximum atomic E-state index is 13.0. The topological polar surface area (TPSA) is 87.2 Å². The van der Waals surface area contributed by atoms with Gasteiger partial charge in [0.15, 0.2) is 5.13 Å². The van der Waals surface area contributed by atoms with Crippen molar-refractivity contribution in [3.05, 3.63) is 69.9 Å². The summed E-state index contributed by atoms with van der Waals surface area (Å²) in [5.74, 6) is -0.439. The lowest BCUT2D eigenvalue weighted by molar-refractivity contribution is -0.126. The minimum Gasteiger partial charge on any atom is -0.350 e. The van der Waals surface area contributed by atoms with Crippen molar-refractivity contribution in [2.24, 2.45) is 5.92 Å². The van der Waals surface area contributed by atoms with Crippen molar-refractivity contribution in [1.82, 2.24) is 20.2 Å². The summed E-state index contributed by atoms with van der Waals surface area (Å²) in [7, 11) is 0. The van der Waals surface area contributed by atoms with Gasteiger partial charge in [0.25, 0.3) is 5.91 Å². The molecule has 1 saturated heterocycles. The number of rotatable bonds is 6. The molecule has 166 valence electrons. The Kier molecular flexibility index (Phi) is 7.02. The summed E-state index contributed by atoms with van der Waals surface area (Å²) in [4.78, 5) is 36.0. The van der Waals surface area contributed by atoms with Gasteiger partial charge in [-0.25, -0.2) is 4.98 Å². The van der Waals surface area contributed by atoms with Crippen molar-refractivity contribution in [3.63, 3.8) is 0 Å². The average molecular weight is 470 g/mol. The number of piperidine rings is 1. The first-order valence-electron chi connectivity index (χ1n) is 10.4. The maximum Gasteiger partial charge on any atom is 0.273 e. The van der Waals surface area contributed by atoms with E-state index in [1.807, 2.05) is 43.3 Å². The summed E-state index contributed by atoms with van der Waals surface area (Å²) in [6.45, 7) is 3.37. The molecule has 2 N–H and O–H groups in total. The molecule has 1 aliphatic heterocycles. The number of benzene rings is 1. The monoisotopic (exact) mass is 469 g/mol. The highest BCUT2D eigenvalue weighted by Gasteiger charge is 2.29. The van der Waals surface area contributed by atoms with Gasteiger partial charge in [-0.05, 0) is 49.6 Å². The van der Waals surface area contributed by atoms with Crippen LogP contribution in [0.5, 0.6) is 0 Å². The fraction of sp³-hybridized carbons (Fsp3) is 0.304. The minimum absolute atomic E-state index is 0.0507. The molecular formula is C23H24ClN5O2S. The van der Waals surface area contributed by atoms with E-state index >= 15 is 0 Å². The van der Waals surface area contributed by atoms with Crippen molar-refractivity contribution in [3.8, 4) is 0 Å². The Morgan fingerprint density at radius 3 is 2.97 bits per heavy atom. The van der Waals surface area contributed by atoms with E-state index in [0.29, 0.717) is 35.5 Å². The number of amides is 2. The normalized spacial score (nSPS) is 15.9. The summed E-state index contributed by atoms with van der Waals surface area (Å²) in [5.41, 5.74) is 3.08. The third kappa shape index (κ3) is 5.44. The average Bonchev–Trinajstić information content (AvgIpc) is 3.28. The van der Waals surface area contributed by atoms with Gasteiger partial charge in [0.2, 0.25) is 5.91 Å². The predicted octanol–water partition coefficient (Wildman–Crippen LogP) is 4.41. The van der Waals surface area contributed by atoms with Crippen LogP contribution in [0.3, 0.4) is 0 Å². The zero-order valence-corrected chi connectivity index (χ0v) is 19.2. The largest absolute Gasteiger partial charge is 0.350 e. The minimum atomic E-state index is -0.234. The molecule has 4 rings (SSSR count). The SMILES string of the molecule is Cc1ccc(Cl)cc1Nc1nc(C(=O)N2CCC[C@@H](C(=O)NCc3ccccn3)C2)cs1. The van der Waals surface area contributed by atoms with E-state index in [4.69, 9.17) is 11.6 Å². The number of hydrogen-bond donors (Lipinski definition) is 2. The van der Waals surface area contributed by atoms with Gasteiger partial charge >= 0.3 is 0 Å². The quantitative estimate of drug-likeness (QED) is 0.558. The summed E-state index contributed by atoms with van der Waals surface area (Å²) in [6, 6.07) is 11.2. The Hall–Kier alpha value is -2.97. The molecular weight excluding hydrogens is 446 g/mol. The van der Waals surface area contributed by atoms with Crippen LogP contribution in [0.15, 0.2) is 48.0 Å². The molecule has 1 aromatic carbocycles. The molecule has 1 atom stereocenters. The van der Waals surface area contributed by atoms with Crippen LogP contribution in [-0.2, 0) is 11.3 Å². The second-order valence-electron chi connectivity index (χ2n) is 7.75. The fourth-order valence-electron chi connectivity index (χ4n) is 3.64. The number of thiazole rings is 1. The lowest BCUT2D eigenvalue weighted by Gasteiger charge is -2.31. The molecule has 0 unspecified atom stereocenters. The highest BCUT2D eigenvalue weighted by atomic mass is 35.5. The molecule has 7 nitrogen and oxygen atoms in total. The number of aromatic nitrogens is 2. The fourth-order valence-corrected chi connectivity index (χ4v) is 4.50. The lowest BCUT2D eigenvalue weighted by Crippen LogP contribution is -2.45. The van der Waals surface area contributed by atoms with Crippen LogP contribution in [0.2, 0.25) is 5.02 Å². The smallest absolute Gasteiger partial charge is 0.273 e. The molecule has 2 aromatic heterocycles. The van der Waals surface area contributed by atoms with E-state index in [1.54, 1.807) is 16.5 Å². The van der Waals surface area contributed by atoms with Crippen molar-refractivity contribution in [2.75, 3.05) is 18.4 Å². The molecule has 1 fully saturated rings. The number of anilines is 2. The number of halogens is 1. The lowest BCUT2D eigenvalue weighted by atomic mass is 9.97. The molecule has 0 aliphatic carbocycles. The van der Waals surface area contributed by atoms with Crippen LogP contribution in [0.4, 0.5) is 10.8 Å². The van der Waals surface area contributed by atoms with E-state index < -0.39 is 0 Å². The zero-order chi connectivity index (χ0) is 22.5. The second kappa shape index (κ2) is 10.1. The van der Waals surface area contributed by atoms with Gasteiger partial charge < -0.3 is 15.5 Å². The number of hydrogen-bond acceptors (Lipinski definition) is 6. The van der Waals surface area contributed by atoms with Crippen molar-refractivity contribution in [1.29, 1.82) is 0 Å². The molecule has 1 aliphatic rings. The molecule has 3 aromatic rings. The van der Waals surface area contributed by atoms with Crippen molar-refractivity contribution >= 4 is 45.6 Å². The van der Waals surface area contributed by atoms with Crippen LogP contribution < -0.4 is 10.6 Å². The standard InChI is InChI=1S/C23H24ClN5O2S/c1-15-7-8-17(24)11-19(15)27-23-28-20(14-32-23)22(31)29-10-4-5-16(13-29)21(30)26-12-18-6-2-3-9-25-18/h2-3,6-9,11,14,16H,4-5,10,12-13H2,1H3,(H,26,30)(H,27,28)/t16-/m1/s1. The Bertz CT molecular complexity index is 1100. The highest BCUT2D eigenvalue weighted by molar-refractivity contribution is 7.14. The van der Waals surface area contributed by atoms with Gasteiger partial charge in [0, 0.05) is 35.4 Å². The number of nitrogens with zero attached hydrogens (tertiary/aromatic N) is 3. The Morgan fingerprint density at radius 1 is 1.28 bits per heavy atom. The molecule has 32 heavy (non-hydrogen) atoms. The molecule has 0 bridgehead atoms. The molecule has 0 spiro atoms.